The maximum Gasteiger partial charge on any atom is 0.316 e. The average Bonchev–Trinajstić information content (AvgIpc) is 3.02. The van der Waals surface area contributed by atoms with Gasteiger partial charge in [0, 0.05) is 11.8 Å². The Kier molecular flexibility index (Phi) is 7.83. The molecule has 0 saturated heterocycles. The fourth-order valence-corrected chi connectivity index (χ4v) is 3.31. The van der Waals surface area contributed by atoms with Crippen molar-refractivity contribution >= 4 is 41.1 Å². The fourth-order valence-electron chi connectivity index (χ4n) is 2.72. The minimum absolute atomic E-state index is 0.0450. The molecule has 2 aromatic rings. The molecule has 0 fully saturated rings. The summed E-state index contributed by atoms with van der Waals surface area (Å²) >= 11 is 1.08. The third-order valence-corrected chi connectivity index (χ3v) is 4.86. The second-order valence-corrected chi connectivity index (χ2v) is 7.74. The molecule has 0 aliphatic heterocycles. The Bertz CT molecular complexity index is 886. The third-order valence-electron chi connectivity index (χ3n) is 3.95. The van der Waals surface area contributed by atoms with Crippen LogP contribution in [-0.2, 0) is 19.1 Å². The molecule has 0 bridgehead atoms. The number of aromatic nitrogens is 1. The van der Waals surface area contributed by atoms with E-state index in [0.29, 0.717) is 11.6 Å². The number of nitrogens with zero attached hydrogens (tertiary/aromatic N) is 1. The van der Waals surface area contributed by atoms with Crippen molar-refractivity contribution in [1.82, 2.24) is 5.16 Å². The molecule has 0 unspecified atom stereocenters. The molecule has 9 heteroatoms. The zero-order chi connectivity index (χ0) is 21.6. The Morgan fingerprint density at radius 1 is 1.07 bits per heavy atom. The molecule has 1 aromatic carbocycles. The smallest absolute Gasteiger partial charge is 0.316 e. The summed E-state index contributed by atoms with van der Waals surface area (Å²) in [6.07, 6.45) is -0.949. The van der Waals surface area contributed by atoms with Crippen LogP contribution in [0.2, 0.25) is 0 Å². The first-order valence-electron chi connectivity index (χ1n) is 9.05. The van der Waals surface area contributed by atoms with Crippen molar-refractivity contribution in [1.29, 1.82) is 0 Å². The van der Waals surface area contributed by atoms with Gasteiger partial charge < -0.3 is 19.9 Å². The number of hydrogen-bond donors (Lipinski definition) is 2. The summed E-state index contributed by atoms with van der Waals surface area (Å²) in [5.74, 6) is -0.387. The van der Waals surface area contributed by atoms with E-state index in [1.165, 1.54) is 6.92 Å². The van der Waals surface area contributed by atoms with Gasteiger partial charge in [0.25, 0.3) is 5.91 Å². The van der Waals surface area contributed by atoms with Crippen LogP contribution < -0.4 is 10.6 Å². The summed E-state index contributed by atoms with van der Waals surface area (Å²) < 4.78 is 10.0. The van der Waals surface area contributed by atoms with Gasteiger partial charge >= 0.3 is 5.97 Å². The molecule has 2 amide bonds. The predicted molar refractivity (Wildman–Crippen MR) is 112 cm³/mol. The molecule has 2 rings (SSSR count). The van der Waals surface area contributed by atoms with Crippen LogP contribution in [0.5, 0.6) is 0 Å². The number of esters is 1. The molecular weight excluding hydrogens is 394 g/mol. The van der Waals surface area contributed by atoms with Crippen molar-refractivity contribution in [3.05, 3.63) is 40.6 Å². The van der Waals surface area contributed by atoms with Crippen molar-refractivity contribution in [3.8, 4) is 0 Å². The molecule has 29 heavy (non-hydrogen) atoms. The Hall–Kier alpha value is -2.81. The number of ether oxygens (including phenoxy) is 1. The summed E-state index contributed by atoms with van der Waals surface area (Å²) in [7, 11) is 0. The minimum atomic E-state index is -0.949. The summed E-state index contributed by atoms with van der Waals surface area (Å²) in [5, 5.41) is 9.02. The first-order chi connectivity index (χ1) is 13.7. The Balaban J connectivity index is 1.75. The van der Waals surface area contributed by atoms with Crippen molar-refractivity contribution < 1.29 is 23.6 Å². The lowest BCUT2D eigenvalue weighted by Gasteiger charge is -2.16. The van der Waals surface area contributed by atoms with E-state index in [4.69, 9.17) is 9.26 Å². The normalized spacial score (nSPS) is 11.6. The molecule has 156 valence electrons. The number of anilines is 2. The monoisotopic (exact) mass is 419 g/mol. The molecule has 0 aliphatic carbocycles. The summed E-state index contributed by atoms with van der Waals surface area (Å²) in [6, 6.07) is 5.54. The van der Waals surface area contributed by atoms with E-state index in [-0.39, 0.29) is 17.4 Å². The number of nitrogens with one attached hydrogen (secondary N) is 2. The molecule has 2 N–H and O–H groups in total. The van der Waals surface area contributed by atoms with E-state index in [2.05, 4.69) is 15.8 Å². The van der Waals surface area contributed by atoms with Gasteiger partial charge in [-0.15, -0.1) is 11.8 Å². The van der Waals surface area contributed by atoms with Crippen LogP contribution in [0.1, 0.15) is 29.4 Å². The van der Waals surface area contributed by atoms with E-state index in [9.17, 15) is 14.4 Å². The highest BCUT2D eigenvalue weighted by molar-refractivity contribution is 8.00. The first kappa shape index (κ1) is 22.5. The lowest BCUT2D eigenvalue weighted by Crippen LogP contribution is -2.31. The highest BCUT2D eigenvalue weighted by atomic mass is 32.2. The third kappa shape index (κ3) is 6.94. The molecule has 1 heterocycles. The topological polar surface area (TPSA) is 111 Å². The van der Waals surface area contributed by atoms with Crippen molar-refractivity contribution in [3.63, 3.8) is 0 Å². The van der Waals surface area contributed by atoms with Crippen LogP contribution in [0.25, 0.3) is 0 Å². The molecule has 8 nitrogen and oxygen atoms in total. The van der Waals surface area contributed by atoms with Crippen LogP contribution >= 0.6 is 11.8 Å². The highest BCUT2D eigenvalue weighted by Crippen LogP contribution is 2.22. The number of aryl methyl sites for hydroxylation is 4. The number of hydrogen-bond acceptors (Lipinski definition) is 7. The van der Waals surface area contributed by atoms with E-state index < -0.39 is 18.0 Å². The van der Waals surface area contributed by atoms with Gasteiger partial charge in [0.15, 0.2) is 11.9 Å². The molecule has 0 saturated carbocycles. The van der Waals surface area contributed by atoms with Gasteiger partial charge in [0.2, 0.25) is 5.91 Å². The van der Waals surface area contributed by atoms with Gasteiger partial charge in [-0.05, 0) is 45.7 Å². The second kappa shape index (κ2) is 10.1. The summed E-state index contributed by atoms with van der Waals surface area (Å²) in [4.78, 5) is 36.1. The molecule has 1 atom stereocenters. The molecule has 0 spiro atoms. The van der Waals surface area contributed by atoms with Crippen LogP contribution in [0.15, 0.2) is 22.7 Å². The number of carbonyl (C=O) groups is 3. The Labute approximate surface area is 173 Å². The van der Waals surface area contributed by atoms with Gasteiger partial charge in [-0.1, -0.05) is 22.9 Å². The zero-order valence-electron chi connectivity index (χ0n) is 17.1. The van der Waals surface area contributed by atoms with Gasteiger partial charge in [-0.2, -0.15) is 0 Å². The highest BCUT2D eigenvalue weighted by Gasteiger charge is 2.19. The lowest BCUT2D eigenvalue weighted by molar-refractivity contribution is -0.150. The van der Waals surface area contributed by atoms with E-state index >= 15 is 0 Å². The number of thioether (sulfide) groups is 1. The SMILES string of the molecule is Cc1cc(C)c(NC(=O)[C@@H](C)OC(=O)CSCC(=O)Nc2cc(C)on2)c(C)c1. The maximum absolute atomic E-state index is 12.3. The van der Waals surface area contributed by atoms with Crippen LogP contribution in [0.4, 0.5) is 11.5 Å². The summed E-state index contributed by atoms with van der Waals surface area (Å²) in [6.45, 7) is 9.03. The van der Waals surface area contributed by atoms with Gasteiger partial charge in [0.05, 0.1) is 11.5 Å². The van der Waals surface area contributed by atoms with Gasteiger partial charge in [-0.25, -0.2) is 0 Å². The van der Waals surface area contributed by atoms with Gasteiger partial charge in [-0.3, -0.25) is 14.4 Å². The predicted octanol–water partition coefficient (Wildman–Crippen LogP) is 3.15. The Morgan fingerprint density at radius 3 is 2.31 bits per heavy atom. The molecule has 0 radical (unpaired) electrons. The number of amides is 2. The lowest BCUT2D eigenvalue weighted by atomic mass is 10.0. The molecule has 1 aromatic heterocycles. The quantitative estimate of drug-likeness (QED) is 0.632. The summed E-state index contributed by atoms with van der Waals surface area (Å²) in [5.41, 5.74) is 3.71. The minimum Gasteiger partial charge on any atom is -0.452 e. The van der Waals surface area contributed by atoms with Gasteiger partial charge in [0.1, 0.15) is 5.76 Å². The van der Waals surface area contributed by atoms with Crippen LogP contribution in [0.3, 0.4) is 0 Å². The van der Waals surface area contributed by atoms with Crippen molar-refractivity contribution in [2.24, 2.45) is 0 Å². The Morgan fingerprint density at radius 2 is 1.72 bits per heavy atom. The second-order valence-electron chi connectivity index (χ2n) is 6.76. The number of benzene rings is 1. The molecular formula is C20H25N3O5S. The van der Waals surface area contributed by atoms with Crippen molar-refractivity contribution in [2.75, 3.05) is 22.1 Å². The first-order valence-corrected chi connectivity index (χ1v) is 10.2. The van der Waals surface area contributed by atoms with Crippen molar-refractivity contribution in [2.45, 2.75) is 40.7 Å². The number of rotatable bonds is 8. The average molecular weight is 420 g/mol. The maximum atomic E-state index is 12.3. The molecule has 0 aliphatic rings. The fraction of sp³-hybridized carbons (Fsp3) is 0.400. The van der Waals surface area contributed by atoms with Crippen LogP contribution in [0, 0.1) is 27.7 Å². The van der Waals surface area contributed by atoms with E-state index in [0.717, 1.165) is 34.1 Å². The largest absolute Gasteiger partial charge is 0.452 e. The van der Waals surface area contributed by atoms with Crippen LogP contribution in [-0.4, -0.2) is 40.6 Å². The van der Waals surface area contributed by atoms with E-state index in [1.807, 2.05) is 32.9 Å². The number of carbonyl (C=O) groups excluding carboxylic acids is 3. The van der Waals surface area contributed by atoms with E-state index in [1.54, 1.807) is 13.0 Å². The standard InChI is InChI=1S/C20H25N3O5S/c1-11-6-12(2)19(13(3)7-11)22-20(26)15(5)27-18(25)10-29-9-17(24)21-16-8-14(4)28-23-16/h6-8,15H,9-10H2,1-5H3,(H,22,26)(H,21,23,24)/t15-/m1/s1. The zero-order valence-corrected chi connectivity index (χ0v) is 17.9.